The van der Waals surface area contributed by atoms with E-state index in [2.05, 4.69) is 10.2 Å². The zero-order valence-electron chi connectivity index (χ0n) is 18.3. The first-order valence-corrected chi connectivity index (χ1v) is 10.8. The van der Waals surface area contributed by atoms with Crippen LogP contribution in [0.5, 0.6) is 11.6 Å². The van der Waals surface area contributed by atoms with Gasteiger partial charge in [0.05, 0.1) is 11.3 Å². The Bertz CT molecular complexity index is 1180. The Morgan fingerprint density at radius 2 is 1.21 bits per heavy atom. The zero-order valence-corrected chi connectivity index (χ0v) is 18.3. The lowest BCUT2D eigenvalue weighted by molar-refractivity contribution is -0.137. The van der Waals surface area contributed by atoms with Crippen LogP contribution in [0.1, 0.15) is 27.9 Å². The first-order chi connectivity index (χ1) is 16.5. The molecule has 0 aliphatic rings. The van der Waals surface area contributed by atoms with E-state index in [0.29, 0.717) is 37.5 Å². The molecule has 0 spiro atoms. The Morgan fingerprint density at radius 3 is 1.79 bits per heavy atom. The molecule has 4 rings (SSSR count). The van der Waals surface area contributed by atoms with Gasteiger partial charge in [-0.3, -0.25) is 0 Å². The second-order valence-corrected chi connectivity index (χ2v) is 7.75. The van der Waals surface area contributed by atoms with Crippen LogP contribution in [0.3, 0.4) is 0 Å². The van der Waals surface area contributed by atoms with Gasteiger partial charge in [-0.1, -0.05) is 72.8 Å². The number of rotatable bonds is 9. The monoisotopic (exact) mass is 464 g/mol. The predicted octanol–water partition coefficient (Wildman–Crippen LogP) is 6.44. The van der Waals surface area contributed by atoms with Crippen molar-refractivity contribution in [3.8, 4) is 11.6 Å². The molecule has 0 bridgehead atoms. The van der Waals surface area contributed by atoms with E-state index in [9.17, 15) is 13.2 Å². The minimum Gasteiger partial charge on any atom is -0.483 e. The molecule has 4 aromatic rings. The van der Waals surface area contributed by atoms with E-state index in [1.54, 1.807) is 6.07 Å². The smallest absolute Gasteiger partial charge is 0.416 e. The highest BCUT2D eigenvalue weighted by molar-refractivity contribution is 5.35. The van der Waals surface area contributed by atoms with Crippen LogP contribution in [-0.4, -0.2) is 10.2 Å². The topological polar surface area (TPSA) is 44.2 Å². The van der Waals surface area contributed by atoms with Gasteiger partial charge in [0.25, 0.3) is 5.88 Å². The third kappa shape index (κ3) is 6.57. The van der Waals surface area contributed by atoms with Crippen molar-refractivity contribution in [2.75, 3.05) is 0 Å². The molecule has 174 valence electrons. The Hall–Kier alpha value is -3.87. The van der Waals surface area contributed by atoms with Gasteiger partial charge in [-0.15, -0.1) is 5.10 Å². The molecule has 0 N–H and O–H groups in total. The van der Waals surface area contributed by atoms with Crippen LogP contribution >= 0.6 is 0 Å². The summed E-state index contributed by atoms with van der Waals surface area (Å²) in [5.41, 5.74) is 2.78. The van der Waals surface area contributed by atoms with Crippen molar-refractivity contribution in [1.82, 2.24) is 10.2 Å². The molecule has 0 amide bonds. The lowest BCUT2D eigenvalue weighted by Crippen LogP contribution is -2.06. The van der Waals surface area contributed by atoms with Crippen molar-refractivity contribution in [3.63, 3.8) is 0 Å². The average Bonchev–Trinajstić information content (AvgIpc) is 2.86. The number of hydrogen-bond acceptors (Lipinski definition) is 4. The zero-order chi connectivity index (χ0) is 23.8. The summed E-state index contributed by atoms with van der Waals surface area (Å²) in [5, 5.41) is 8.46. The van der Waals surface area contributed by atoms with Crippen LogP contribution in [0.2, 0.25) is 0 Å². The lowest BCUT2D eigenvalue weighted by Gasteiger charge is -2.13. The second-order valence-electron chi connectivity index (χ2n) is 7.75. The Balaban J connectivity index is 1.46. The van der Waals surface area contributed by atoms with Gasteiger partial charge in [0.2, 0.25) is 0 Å². The van der Waals surface area contributed by atoms with Crippen molar-refractivity contribution < 1.29 is 22.6 Å². The Labute approximate surface area is 196 Å². The van der Waals surface area contributed by atoms with Crippen LogP contribution < -0.4 is 9.47 Å². The maximum atomic E-state index is 12.8. The number of benzene rings is 3. The van der Waals surface area contributed by atoms with Crippen LogP contribution in [-0.2, 0) is 32.2 Å². The third-order valence-corrected chi connectivity index (χ3v) is 5.18. The second kappa shape index (κ2) is 10.8. The quantitative estimate of drug-likeness (QED) is 0.286. The predicted molar refractivity (Wildman–Crippen MR) is 122 cm³/mol. The van der Waals surface area contributed by atoms with Gasteiger partial charge in [0.15, 0.2) is 5.75 Å². The van der Waals surface area contributed by atoms with Gasteiger partial charge in [0, 0.05) is 6.07 Å². The molecule has 0 aliphatic heterocycles. The van der Waals surface area contributed by atoms with Gasteiger partial charge in [0.1, 0.15) is 13.2 Å². The molecule has 0 saturated carbocycles. The Kier molecular flexibility index (Phi) is 7.42. The molecule has 0 unspecified atom stereocenters. The van der Waals surface area contributed by atoms with Gasteiger partial charge < -0.3 is 9.47 Å². The van der Waals surface area contributed by atoms with Crippen molar-refractivity contribution >= 4 is 0 Å². The standard InChI is InChI=1S/C27H23F3N2O2/c28-27(29,30)23-14-11-20(12-15-23)13-16-24-17-25(33-18-21-7-3-1-4-8-21)26(32-31-24)34-19-22-9-5-2-6-10-22/h1-12,14-15,17H,13,16,18-19H2. The summed E-state index contributed by atoms with van der Waals surface area (Å²) in [6, 6.07) is 26.4. The molecular weight excluding hydrogens is 441 g/mol. The van der Waals surface area contributed by atoms with Gasteiger partial charge in [-0.05, 0) is 41.7 Å². The number of aryl methyl sites for hydroxylation is 2. The molecule has 0 saturated heterocycles. The van der Waals surface area contributed by atoms with Gasteiger partial charge in [-0.25, -0.2) is 0 Å². The van der Waals surface area contributed by atoms with Crippen molar-refractivity contribution in [3.05, 3.63) is 119 Å². The molecule has 1 aromatic heterocycles. The number of alkyl halides is 3. The van der Waals surface area contributed by atoms with Crippen LogP contribution in [0.15, 0.2) is 91.0 Å². The highest BCUT2D eigenvalue weighted by Crippen LogP contribution is 2.30. The number of halogens is 3. The molecule has 0 atom stereocenters. The van der Waals surface area contributed by atoms with Crippen molar-refractivity contribution in [2.45, 2.75) is 32.2 Å². The normalized spacial score (nSPS) is 11.3. The van der Waals surface area contributed by atoms with Crippen LogP contribution in [0, 0.1) is 0 Å². The summed E-state index contributed by atoms with van der Waals surface area (Å²) in [6.45, 7) is 0.661. The fourth-order valence-electron chi connectivity index (χ4n) is 3.32. The van der Waals surface area contributed by atoms with E-state index >= 15 is 0 Å². The highest BCUT2D eigenvalue weighted by Gasteiger charge is 2.29. The molecule has 4 nitrogen and oxygen atoms in total. The van der Waals surface area contributed by atoms with E-state index in [1.807, 2.05) is 60.7 Å². The maximum Gasteiger partial charge on any atom is 0.416 e. The molecule has 34 heavy (non-hydrogen) atoms. The van der Waals surface area contributed by atoms with Gasteiger partial charge in [-0.2, -0.15) is 18.3 Å². The molecule has 0 radical (unpaired) electrons. The number of hydrogen-bond donors (Lipinski definition) is 0. The maximum absolute atomic E-state index is 12.8. The lowest BCUT2D eigenvalue weighted by atomic mass is 10.1. The molecule has 0 fully saturated rings. The summed E-state index contributed by atoms with van der Waals surface area (Å²) in [7, 11) is 0. The Morgan fingerprint density at radius 1 is 0.618 bits per heavy atom. The van der Waals surface area contributed by atoms with Crippen LogP contribution in [0.25, 0.3) is 0 Å². The van der Waals surface area contributed by atoms with E-state index in [-0.39, 0.29) is 5.88 Å². The largest absolute Gasteiger partial charge is 0.483 e. The molecule has 1 heterocycles. The number of ether oxygens (including phenoxy) is 2. The van der Waals surface area contributed by atoms with Crippen molar-refractivity contribution in [2.24, 2.45) is 0 Å². The van der Waals surface area contributed by atoms with E-state index in [0.717, 1.165) is 28.8 Å². The van der Waals surface area contributed by atoms with Crippen LogP contribution in [0.4, 0.5) is 13.2 Å². The molecular formula is C27H23F3N2O2. The van der Waals surface area contributed by atoms with E-state index in [1.165, 1.54) is 12.1 Å². The first kappa shape index (κ1) is 23.3. The average molecular weight is 464 g/mol. The minimum atomic E-state index is -4.34. The molecule has 7 heteroatoms. The first-order valence-electron chi connectivity index (χ1n) is 10.8. The van der Waals surface area contributed by atoms with E-state index in [4.69, 9.17) is 9.47 Å². The number of nitrogens with zero attached hydrogens (tertiary/aromatic N) is 2. The molecule has 0 aliphatic carbocycles. The fraction of sp³-hybridized carbons (Fsp3) is 0.185. The summed E-state index contributed by atoms with van der Waals surface area (Å²) < 4.78 is 50.2. The highest BCUT2D eigenvalue weighted by atomic mass is 19.4. The number of aromatic nitrogens is 2. The van der Waals surface area contributed by atoms with Gasteiger partial charge >= 0.3 is 6.18 Å². The SMILES string of the molecule is FC(F)(F)c1ccc(CCc2cc(OCc3ccccc3)c(OCc3ccccc3)nn2)cc1. The van der Waals surface area contributed by atoms with Crippen molar-refractivity contribution in [1.29, 1.82) is 0 Å². The summed E-state index contributed by atoms with van der Waals surface area (Å²) >= 11 is 0. The third-order valence-electron chi connectivity index (χ3n) is 5.18. The summed E-state index contributed by atoms with van der Waals surface area (Å²) in [6.07, 6.45) is -3.32. The molecule has 3 aromatic carbocycles. The summed E-state index contributed by atoms with van der Waals surface area (Å²) in [4.78, 5) is 0. The minimum absolute atomic E-state index is 0.290. The fourth-order valence-corrected chi connectivity index (χ4v) is 3.32. The summed E-state index contributed by atoms with van der Waals surface area (Å²) in [5.74, 6) is 0.760. The van der Waals surface area contributed by atoms with E-state index < -0.39 is 11.7 Å².